The largest absolute Gasteiger partial charge is 0.312 e. The van der Waals surface area contributed by atoms with E-state index in [1.807, 2.05) is 17.5 Å². The van der Waals surface area contributed by atoms with Crippen LogP contribution in [0.5, 0.6) is 0 Å². The lowest BCUT2D eigenvalue weighted by atomic mass is 9.78. The maximum Gasteiger partial charge on any atom is 0.131 e. The SMILES string of the molecule is CC1(C)CNCC=C1c1ccc(F)c2ccsc12. The van der Waals surface area contributed by atoms with Crippen molar-refractivity contribution in [2.75, 3.05) is 13.1 Å². The van der Waals surface area contributed by atoms with E-state index in [0.717, 1.165) is 23.2 Å². The second-order valence-corrected chi connectivity index (χ2v) is 6.31. The van der Waals surface area contributed by atoms with Crippen molar-refractivity contribution >= 4 is 27.0 Å². The molecule has 2 heterocycles. The molecule has 3 heteroatoms. The molecule has 0 unspecified atom stereocenters. The minimum absolute atomic E-state index is 0.0903. The first-order chi connectivity index (χ1) is 8.59. The molecule has 3 rings (SSSR count). The molecule has 0 saturated carbocycles. The van der Waals surface area contributed by atoms with Crippen LogP contribution in [0.15, 0.2) is 29.7 Å². The molecule has 0 atom stereocenters. The first-order valence-electron chi connectivity index (χ1n) is 6.17. The Morgan fingerprint density at radius 2 is 2.11 bits per heavy atom. The van der Waals surface area contributed by atoms with E-state index in [1.54, 1.807) is 17.4 Å². The van der Waals surface area contributed by atoms with Crippen molar-refractivity contribution in [2.24, 2.45) is 5.41 Å². The molecule has 0 amide bonds. The number of hydrogen-bond donors (Lipinski definition) is 1. The normalized spacial score (nSPS) is 18.9. The zero-order valence-corrected chi connectivity index (χ0v) is 11.4. The zero-order valence-electron chi connectivity index (χ0n) is 10.6. The first kappa shape index (κ1) is 11.9. The van der Waals surface area contributed by atoms with Crippen molar-refractivity contribution < 1.29 is 4.39 Å². The van der Waals surface area contributed by atoms with Crippen molar-refractivity contribution in [3.05, 3.63) is 41.0 Å². The summed E-state index contributed by atoms with van der Waals surface area (Å²) in [5, 5.41) is 6.09. The molecule has 0 fully saturated rings. The van der Waals surface area contributed by atoms with Crippen LogP contribution in [-0.2, 0) is 0 Å². The van der Waals surface area contributed by atoms with Crippen LogP contribution in [-0.4, -0.2) is 13.1 Å². The van der Waals surface area contributed by atoms with E-state index in [1.165, 1.54) is 11.1 Å². The average molecular weight is 261 g/mol. The summed E-state index contributed by atoms with van der Waals surface area (Å²) in [4.78, 5) is 0. The molecular weight excluding hydrogens is 245 g/mol. The lowest BCUT2D eigenvalue weighted by molar-refractivity contribution is 0.446. The van der Waals surface area contributed by atoms with E-state index in [0.29, 0.717) is 0 Å². The minimum atomic E-state index is -0.123. The second-order valence-electron chi connectivity index (χ2n) is 5.39. The fourth-order valence-corrected chi connectivity index (χ4v) is 3.58. The average Bonchev–Trinajstić information content (AvgIpc) is 2.80. The number of rotatable bonds is 1. The standard InChI is InChI=1S/C15H16FNS/c1-15(2)9-17-7-5-12(15)10-3-4-13(16)11-6-8-18-14(10)11/h3-6,8,17H,7,9H2,1-2H3. The van der Waals surface area contributed by atoms with Crippen LogP contribution in [0.3, 0.4) is 0 Å². The molecule has 1 aliphatic heterocycles. The molecule has 1 aliphatic rings. The fourth-order valence-electron chi connectivity index (χ4n) is 2.64. The van der Waals surface area contributed by atoms with Gasteiger partial charge in [0.25, 0.3) is 0 Å². The highest BCUT2D eigenvalue weighted by Crippen LogP contribution is 2.40. The van der Waals surface area contributed by atoms with Gasteiger partial charge in [0.1, 0.15) is 5.82 Å². The monoisotopic (exact) mass is 261 g/mol. The van der Waals surface area contributed by atoms with Gasteiger partial charge >= 0.3 is 0 Å². The number of benzene rings is 1. The van der Waals surface area contributed by atoms with Gasteiger partial charge in [-0.3, -0.25) is 0 Å². The van der Waals surface area contributed by atoms with Gasteiger partial charge in [0.15, 0.2) is 0 Å². The maximum atomic E-state index is 13.7. The van der Waals surface area contributed by atoms with Crippen LogP contribution in [0, 0.1) is 11.2 Å². The highest BCUT2D eigenvalue weighted by molar-refractivity contribution is 7.17. The maximum absolute atomic E-state index is 13.7. The molecule has 1 aromatic heterocycles. The summed E-state index contributed by atoms with van der Waals surface area (Å²) in [6.07, 6.45) is 2.23. The molecule has 1 nitrogen and oxygen atoms in total. The number of nitrogens with one attached hydrogen (secondary N) is 1. The van der Waals surface area contributed by atoms with Gasteiger partial charge in [-0.15, -0.1) is 11.3 Å². The Balaban J connectivity index is 2.23. The molecule has 0 saturated heterocycles. The van der Waals surface area contributed by atoms with E-state index in [-0.39, 0.29) is 11.2 Å². The van der Waals surface area contributed by atoms with Crippen molar-refractivity contribution in [3.8, 4) is 0 Å². The lowest BCUT2D eigenvalue weighted by Crippen LogP contribution is -2.35. The number of hydrogen-bond acceptors (Lipinski definition) is 2. The van der Waals surface area contributed by atoms with Crippen LogP contribution in [0.4, 0.5) is 4.39 Å². The quantitative estimate of drug-likeness (QED) is 0.816. The van der Waals surface area contributed by atoms with Crippen LogP contribution in [0.25, 0.3) is 15.7 Å². The molecule has 1 N–H and O–H groups in total. The zero-order chi connectivity index (χ0) is 12.8. The van der Waals surface area contributed by atoms with Gasteiger partial charge in [-0.2, -0.15) is 0 Å². The van der Waals surface area contributed by atoms with E-state index in [2.05, 4.69) is 25.2 Å². The van der Waals surface area contributed by atoms with Gasteiger partial charge in [-0.1, -0.05) is 26.0 Å². The molecule has 2 aromatic rings. The van der Waals surface area contributed by atoms with E-state index < -0.39 is 0 Å². The Labute approximate surface area is 110 Å². The number of halogens is 1. The smallest absolute Gasteiger partial charge is 0.131 e. The Kier molecular flexibility index (Phi) is 2.76. The van der Waals surface area contributed by atoms with E-state index in [9.17, 15) is 4.39 Å². The van der Waals surface area contributed by atoms with Crippen LogP contribution >= 0.6 is 11.3 Å². The Morgan fingerprint density at radius 1 is 1.28 bits per heavy atom. The lowest BCUT2D eigenvalue weighted by Gasteiger charge is -2.33. The van der Waals surface area contributed by atoms with E-state index >= 15 is 0 Å². The summed E-state index contributed by atoms with van der Waals surface area (Å²) < 4.78 is 14.8. The molecule has 0 bridgehead atoms. The van der Waals surface area contributed by atoms with Crippen LogP contribution in [0.2, 0.25) is 0 Å². The summed E-state index contributed by atoms with van der Waals surface area (Å²) in [5.74, 6) is -0.123. The third-order valence-electron chi connectivity index (χ3n) is 3.60. The van der Waals surface area contributed by atoms with Gasteiger partial charge in [-0.25, -0.2) is 4.39 Å². The number of thiophene rings is 1. The van der Waals surface area contributed by atoms with Gasteiger partial charge in [0.2, 0.25) is 0 Å². The molecule has 94 valence electrons. The highest BCUT2D eigenvalue weighted by Gasteiger charge is 2.28. The molecule has 0 radical (unpaired) electrons. The van der Waals surface area contributed by atoms with E-state index in [4.69, 9.17) is 0 Å². The predicted octanol–water partition coefficient (Wildman–Crippen LogP) is 4.05. The van der Waals surface area contributed by atoms with Gasteiger partial charge < -0.3 is 5.32 Å². The number of fused-ring (bicyclic) bond motifs is 1. The summed E-state index contributed by atoms with van der Waals surface area (Å²) in [5.41, 5.74) is 2.61. The molecule has 0 aliphatic carbocycles. The molecule has 0 spiro atoms. The van der Waals surface area contributed by atoms with Gasteiger partial charge in [0.05, 0.1) is 0 Å². The van der Waals surface area contributed by atoms with Crippen LogP contribution < -0.4 is 5.32 Å². The van der Waals surface area contributed by atoms with Gasteiger partial charge in [0, 0.05) is 28.6 Å². The fraction of sp³-hybridized carbons (Fsp3) is 0.333. The highest BCUT2D eigenvalue weighted by atomic mass is 32.1. The molecular formula is C15H16FNS. The predicted molar refractivity (Wildman–Crippen MR) is 76.4 cm³/mol. The van der Waals surface area contributed by atoms with Crippen molar-refractivity contribution in [1.82, 2.24) is 5.32 Å². The van der Waals surface area contributed by atoms with Gasteiger partial charge in [-0.05, 0) is 28.6 Å². The third kappa shape index (κ3) is 1.78. The summed E-state index contributed by atoms with van der Waals surface area (Å²) in [6, 6.07) is 5.38. The Morgan fingerprint density at radius 3 is 2.89 bits per heavy atom. The Bertz CT molecular complexity index is 624. The Hall–Kier alpha value is -1.19. The van der Waals surface area contributed by atoms with Crippen molar-refractivity contribution in [2.45, 2.75) is 13.8 Å². The molecule has 18 heavy (non-hydrogen) atoms. The second kappa shape index (κ2) is 4.18. The van der Waals surface area contributed by atoms with Crippen molar-refractivity contribution in [3.63, 3.8) is 0 Å². The summed E-state index contributed by atoms with van der Waals surface area (Å²) in [6.45, 7) is 6.31. The summed E-state index contributed by atoms with van der Waals surface area (Å²) in [7, 11) is 0. The summed E-state index contributed by atoms with van der Waals surface area (Å²) >= 11 is 1.62. The first-order valence-corrected chi connectivity index (χ1v) is 7.05. The topological polar surface area (TPSA) is 12.0 Å². The van der Waals surface area contributed by atoms with Crippen molar-refractivity contribution in [1.29, 1.82) is 0 Å². The minimum Gasteiger partial charge on any atom is -0.312 e. The molecule has 1 aromatic carbocycles. The van der Waals surface area contributed by atoms with Crippen LogP contribution in [0.1, 0.15) is 19.4 Å². The third-order valence-corrected chi connectivity index (χ3v) is 4.55.